The molecule has 5 nitrogen and oxygen atoms in total. The minimum Gasteiger partial charge on any atom is -0.484 e. The molecule has 4 aliphatic carbocycles. The van der Waals surface area contributed by atoms with Crippen molar-refractivity contribution in [1.29, 1.82) is 0 Å². The van der Waals surface area contributed by atoms with Crippen molar-refractivity contribution in [1.82, 2.24) is 10.9 Å². The number of fused-ring (bicyclic) bond motifs is 1. The molecule has 2 N–H and O–H groups in total. The lowest BCUT2D eigenvalue weighted by Gasteiger charge is -2.55. The van der Waals surface area contributed by atoms with Crippen molar-refractivity contribution in [3.63, 3.8) is 0 Å². The number of ether oxygens (including phenoxy) is 1. The van der Waals surface area contributed by atoms with Crippen molar-refractivity contribution < 1.29 is 14.3 Å². The van der Waals surface area contributed by atoms with E-state index >= 15 is 0 Å². The topological polar surface area (TPSA) is 67.4 Å². The predicted molar refractivity (Wildman–Crippen MR) is 106 cm³/mol. The van der Waals surface area contributed by atoms with Crippen molar-refractivity contribution in [3.8, 4) is 5.75 Å². The molecule has 0 radical (unpaired) electrons. The molecule has 2 aromatic carbocycles. The first-order chi connectivity index (χ1) is 13.6. The molecule has 0 heterocycles. The molecular formula is C23H26N2O3. The molecule has 4 bridgehead atoms. The van der Waals surface area contributed by atoms with E-state index in [0.29, 0.717) is 23.5 Å². The van der Waals surface area contributed by atoms with Crippen LogP contribution < -0.4 is 15.6 Å². The Labute approximate surface area is 164 Å². The Morgan fingerprint density at radius 2 is 1.54 bits per heavy atom. The zero-order valence-corrected chi connectivity index (χ0v) is 15.9. The Balaban J connectivity index is 1.14. The number of carbonyl (C=O) groups excluding carboxylic acids is 2. The summed E-state index contributed by atoms with van der Waals surface area (Å²) in [6.45, 7) is -0.126. The first-order valence-corrected chi connectivity index (χ1v) is 10.3. The Kier molecular flexibility index (Phi) is 4.26. The van der Waals surface area contributed by atoms with E-state index in [2.05, 4.69) is 10.9 Å². The van der Waals surface area contributed by atoms with Crippen LogP contribution >= 0.6 is 0 Å². The highest BCUT2D eigenvalue weighted by molar-refractivity contribution is 5.87. The number of amides is 2. The van der Waals surface area contributed by atoms with Gasteiger partial charge < -0.3 is 4.74 Å². The average Bonchev–Trinajstić information content (AvgIpc) is 2.69. The fourth-order valence-electron chi connectivity index (χ4n) is 6.09. The minimum absolute atomic E-state index is 0.00865. The quantitative estimate of drug-likeness (QED) is 0.799. The van der Waals surface area contributed by atoms with Gasteiger partial charge in [-0.1, -0.05) is 30.3 Å². The van der Waals surface area contributed by atoms with Crippen molar-refractivity contribution in [3.05, 3.63) is 42.5 Å². The summed E-state index contributed by atoms with van der Waals surface area (Å²) in [5.74, 6) is 2.38. The van der Waals surface area contributed by atoms with Crippen molar-refractivity contribution in [2.24, 2.45) is 23.2 Å². The lowest BCUT2D eigenvalue weighted by molar-refractivity contribution is -0.149. The zero-order chi connectivity index (χ0) is 19.1. The van der Waals surface area contributed by atoms with Gasteiger partial charge in [-0.05, 0) is 79.2 Å². The molecule has 0 atom stereocenters. The number of carbonyl (C=O) groups is 2. The molecular weight excluding hydrogens is 352 g/mol. The third kappa shape index (κ3) is 3.23. The summed E-state index contributed by atoms with van der Waals surface area (Å²) >= 11 is 0. The van der Waals surface area contributed by atoms with Crippen LogP contribution in [0.4, 0.5) is 0 Å². The van der Waals surface area contributed by atoms with Gasteiger partial charge in [-0.2, -0.15) is 0 Å². The molecule has 146 valence electrons. The molecule has 6 rings (SSSR count). The maximum atomic E-state index is 12.9. The largest absolute Gasteiger partial charge is 0.484 e. The Morgan fingerprint density at radius 1 is 0.893 bits per heavy atom. The fourth-order valence-corrected chi connectivity index (χ4v) is 6.09. The molecule has 0 unspecified atom stereocenters. The molecule has 5 heteroatoms. The van der Waals surface area contributed by atoms with Gasteiger partial charge in [-0.3, -0.25) is 20.4 Å². The monoisotopic (exact) mass is 378 g/mol. The third-order valence-electron chi connectivity index (χ3n) is 6.93. The standard InChI is InChI=1S/C23H26N2O3/c26-21(14-28-20-6-5-18-3-1-2-4-19(18)10-20)24-25-22(27)23-11-15-7-16(12-23)9-17(8-15)13-23/h1-6,10,15-17H,7-9,11-14H2,(H,24,26)(H,25,27). The Morgan fingerprint density at radius 3 is 2.21 bits per heavy atom. The lowest BCUT2D eigenvalue weighted by Crippen LogP contribution is -2.57. The van der Waals surface area contributed by atoms with Gasteiger partial charge in [0, 0.05) is 0 Å². The summed E-state index contributed by atoms with van der Waals surface area (Å²) in [6.07, 6.45) is 6.81. The van der Waals surface area contributed by atoms with E-state index < -0.39 is 0 Å². The van der Waals surface area contributed by atoms with Crippen LogP contribution in [0.2, 0.25) is 0 Å². The van der Waals surface area contributed by atoms with Gasteiger partial charge in [0.05, 0.1) is 5.41 Å². The van der Waals surface area contributed by atoms with E-state index in [1.807, 2.05) is 42.5 Å². The summed E-state index contributed by atoms with van der Waals surface area (Å²) < 4.78 is 5.59. The molecule has 0 spiro atoms. The molecule has 2 amide bonds. The van der Waals surface area contributed by atoms with Crippen molar-refractivity contribution in [2.45, 2.75) is 38.5 Å². The van der Waals surface area contributed by atoms with E-state index in [9.17, 15) is 9.59 Å². The zero-order valence-electron chi connectivity index (χ0n) is 15.9. The highest BCUT2D eigenvalue weighted by Crippen LogP contribution is 2.60. The van der Waals surface area contributed by atoms with Crippen molar-refractivity contribution in [2.75, 3.05) is 6.61 Å². The van der Waals surface area contributed by atoms with Crippen LogP contribution in [0.3, 0.4) is 0 Å². The second-order valence-corrected chi connectivity index (χ2v) is 9.00. The van der Waals surface area contributed by atoms with Crippen LogP contribution in [0.1, 0.15) is 38.5 Å². The number of rotatable bonds is 4. The van der Waals surface area contributed by atoms with Crippen LogP contribution in [0.25, 0.3) is 10.8 Å². The van der Waals surface area contributed by atoms with Crippen LogP contribution in [-0.2, 0) is 9.59 Å². The number of nitrogens with one attached hydrogen (secondary N) is 2. The van der Waals surface area contributed by atoms with E-state index in [1.165, 1.54) is 19.3 Å². The van der Waals surface area contributed by atoms with E-state index in [4.69, 9.17) is 4.74 Å². The van der Waals surface area contributed by atoms with Gasteiger partial charge in [-0.15, -0.1) is 0 Å². The molecule has 28 heavy (non-hydrogen) atoms. The van der Waals surface area contributed by atoms with Gasteiger partial charge in [0.25, 0.3) is 5.91 Å². The normalized spacial score (nSPS) is 30.2. The smallest absolute Gasteiger partial charge is 0.276 e. The highest BCUT2D eigenvalue weighted by atomic mass is 16.5. The van der Waals surface area contributed by atoms with Crippen LogP contribution in [0.5, 0.6) is 5.75 Å². The molecule has 4 fully saturated rings. The molecule has 0 saturated heterocycles. The fraction of sp³-hybridized carbons (Fsp3) is 0.478. The maximum Gasteiger partial charge on any atom is 0.276 e. The van der Waals surface area contributed by atoms with E-state index in [0.717, 1.165) is 30.0 Å². The second kappa shape index (κ2) is 6.80. The molecule has 0 aliphatic heterocycles. The Bertz CT molecular complexity index is 888. The molecule has 4 aliphatic rings. The second-order valence-electron chi connectivity index (χ2n) is 9.00. The van der Waals surface area contributed by atoms with Gasteiger partial charge >= 0.3 is 0 Å². The van der Waals surface area contributed by atoms with E-state index in [1.54, 1.807) is 0 Å². The summed E-state index contributed by atoms with van der Waals surface area (Å²) in [7, 11) is 0. The first-order valence-electron chi connectivity index (χ1n) is 10.3. The number of benzene rings is 2. The summed E-state index contributed by atoms with van der Waals surface area (Å²) in [6, 6.07) is 13.7. The third-order valence-corrected chi connectivity index (χ3v) is 6.93. The average molecular weight is 378 g/mol. The van der Waals surface area contributed by atoms with Crippen LogP contribution in [0, 0.1) is 23.2 Å². The van der Waals surface area contributed by atoms with Crippen LogP contribution in [-0.4, -0.2) is 18.4 Å². The van der Waals surface area contributed by atoms with Gasteiger partial charge in [0.1, 0.15) is 5.75 Å². The Hall–Kier alpha value is -2.56. The number of hydrazine groups is 1. The maximum absolute atomic E-state index is 12.9. The van der Waals surface area contributed by atoms with Gasteiger partial charge in [0.2, 0.25) is 5.91 Å². The number of hydrogen-bond donors (Lipinski definition) is 2. The minimum atomic E-state index is -0.341. The predicted octanol–water partition coefficient (Wildman–Crippen LogP) is 3.58. The van der Waals surface area contributed by atoms with Gasteiger partial charge in [-0.25, -0.2) is 0 Å². The molecule has 2 aromatic rings. The molecule has 4 saturated carbocycles. The number of hydrogen-bond acceptors (Lipinski definition) is 3. The van der Waals surface area contributed by atoms with Gasteiger partial charge in [0.15, 0.2) is 6.61 Å². The highest BCUT2D eigenvalue weighted by Gasteiger charge is 2.54. The lowest BCUT2D eigenvalue weighted by atomic mass is 9.49. The summed E-state index contributed by atoms with van der Waals surface area (Å²) in [5, 5.41) is 2.19. The summed E-state index contributed by atoms with van der Waals surface area (Å²) in [4.78, 5) is 25.0. The van der Waals surface area contributed by atoms with Crippen LogP contribution in [0.15, 0.2) is 42.5 Å². The first kappa shape index (κ1) is 17.5. The summed E-state index contributed by atoms with van der Waals surface area (Å²) in [5.41, 5.74) is 4.98. The van der Waals surface area contributed by atoms with Crippen molar-refractivity contribution >= 4 is 22.6 Å². The van der Waals surface area contributed by atoms with E-state index in [-0.39, 0.29) is 23.8 Å². The molecule has 0 aromatic heterocycles. The SMILES string of the molecule is O=C(COc1ccc2ccccc2c1)NNC(=O)C12CC3CC(CC(C3)C1)C2.